The molecule has 0 unspecified atom stereocenters. The van der Waals surface area contributed by atoms with E-state index in [9.17, 15) is 0 Å². The highest BCUT2D eigenvalue weighted by molar-refractivity contribution is 5.75. The second-order valence-electron chi connectivity index (χ2n) is 6.62. The second kappa shape index (κ2) is 5.40. The largest absolute Gasteiger partial charge is 0.492 e. The van der Waals surface area contributed by atoms with Crippen molar-refractivity contribution >= 4 is 5.57 Å². The molecule has 1 aliphatic heterocycles. The van der Waals surface area contributed by atoms with Gasteiger partial charge < -0.3 is 4.74 Å². The Labute approximate surface area is 127 Å². The zero-order valence-corrected chi connectivity index (χ0v) is 13.0. The van der Waals surface area contributed by atoms with Crippen LogP contribution >= 0.6 is 0 Å². The lowest BCUT2D eigenvalue weighted by Gasteiger charge is -2.27. The summed E-state index contributed by atoms with van der Waals surface area (Å²) < 4.78 is 6.06. The van der Waals surface area contributed by atoms with Crippen LogP contribution in [0.2, 0.25) is 0 Å². The minimum atomic E-state index is 0.192. The van der Waals surface area contributed by atoms with Crippen LogP contribution in [0.25, 0.3) is 16.7 Å². The Morgan fingerprint density at radius 2 is 1.71 bits per heavy atom. The summed E-state index contributed by atoms with van der Waals surface area (Å²) in [4.78, 5) is 0. The molecular weight excluding hydrogens is 256 g/mol. The van der Waals surface area contributed by atoms with Crippen LogP contribution in [0.3, 0.4) is 0 Å². The van der Waals surface area contributed by atoms with Gasteiger partial charge >= 0.3 is 0 Å². The molecule has 0 fully saturated rings. The van der Waals surface area contributed by atoms with E-state index in [1.807, 2.05) is 6.07 Å². The molecule has 21 heavy (non-hydrogen) atoms. The first-order valence-electron chi connectivity index (χ1n) is 7.55. The van der Waals surface area contributed by atoms with Gasteiger partial charge in [-0.3, -0.25) is 0 Å². The molecule has 0 amide bonds. The third-order valence-corrected chi connectivity index (χ3v) is 4.09. The summed E-state index contributed by atoms with van der Waals surface area (Å²) in [6, 6.07) is 17.0. The Balaban J connectivity index is 2.04. The number of hydrogen-bond donors (Lipinski definition) is 0. The van der Waals surface area contributed by atoms with E-state index < -0.39 is 0 Å². The molecule has 2 aromatic carbocycles. The summed E-state index contributed by atoms with van der Waals surface area (Å²) in [5.41, 5.74) is 5.19. The average Bonchev–Trinajstić information content (AvgIpc) is 2.50. The Bertz CT molecular complexity index is 665. The van der Waals surface area contributed by atoms with Gasteiger partial charge in [0.2, 0.25) is 0 Å². The first kappa shape index (κ1) is 13.9. The lowest BCUT2D eigenvalue weighted by atomic mass is 9.87. The molecule has 0 saturated heterocycles. The SMILES string of the molecule is C/C1=C\CC(C)(C)COc2ccc(-c3ccccc3)cc21. The van der Waals surface area contributed by atoms with E-state index in [1.165, 1.54) is 22.3 Å². The quantitative estimate of drug-likeness (QED) is 0.663. The maximum Gasteiger partial charge on any atom is 0.126 e. The normalized spacial score (nSPS) is 19.5. The van der Waals surface area contributed by atoms with Gasteiger partial charge in [-0.1, -0.05) is 56.3 Å². The van der Waals surface area contributed by atoms with Gasteiger partial charge in [-0.15, -0.1) is 0 Å². The molecule has 0 aromatic heterocycles. The predicted octanol–water partition coefficient (Wildman–Crippen LogP) is 5.57. The third kappa shape index (κ3) is 3.02. The molecule has 1 heteroatoms. The standard InChI is InChI=1S/C20H22O/c1-15-11-12-20(2,3)14-21-19-10-9-17(13-18(15)19)16-7-5-4-6-8-16/h4-11,13H,12,14H2,1-3H3/b15-11+. The molecule has 1 nitrogen and oxygen atoms in total. The fraction of sp³-hybridized carbons (Fsp3) is 0.300. The lowest BCUT2D eigenvalue weighted by molar-refractivity contribution is 0.180. The first-order chi connectivity index (χ1) is 10.1. The molecule has 0 saturated carbocycles. The monoisotopic (exact) mass is 278 g/mol. The summed E-state index contributed by atoms with van der Waals surface area (Å²) in [5, 5.41) is 0. The Morgan fingerprint density at radius 3 is 2.48 bits per heavy atom. The summed E-state index contributed by atoms with van der Waals surface area (Å²) in [5.74, 6) is 0.996. The molecule has 0 atom stereocenters. The Hall–Kier alpha value is -2.02. The topological polar surface area (TPSA) is 9.23 Å². The average molecular weight is 278 g/mol. The Kier molecular flexibility index (Phi) is 3.59. The smallest absolute Gasteiger partial charge is 0.126 e. The molecule has 0 bridgehead atoms. The van der Waals surface area contributed by atoms with E-state index in [0.29, 0.717) is 0 Å². The highest BCUT2D eigenvalue weighted by Crippen LogP contribution is 2.36. The van der Waals surface area contributed by atoms with Crippen LogP contribution in [-0.4, -0.2) is 6.61 Å². The molecule has 0 N–H and O–H groups in total. The van der Waals surface area contributed by atoms with E-state index in [0.717, 1.165) is 18.8 Å². The van der Waals surface area contributed by atoms with Gasteiger partial charge in [0.05, 0.1) is 6.61 Å². The van der Waals surface area contributed by atoms with Crippen LogP contribution in [0.1, 0.15) is 32.8 Å². The lowest BCUT2D eigenvalue weighted by Crippen LogP contribution is -2.22. The van der Waals surface area contributed by atoms with Crippen molar-refractivity contribution in [2.45, 2.75) is 27.2 Å². The predicted molar refractivity (Wildman–Crippen MR) is 89.4 cm³/mol. The molecule has 108 valence electrons. The van der Waals surface area contributed by atoms with Crippen LogP contribution in [0.4, 0.5) is 0 Å². The molecular formula is C20H22O. The van der Waals surface area contributed by atoms with Crippen LogP contribution < -0.4 is 4.74 Å². The van der Waals surface area contributed by atoms with E-state index in [4.69, 9.17) is 4.74 Å². The van der Waals surface area contributed by atoms with E-state index >= 15 is 0 Å². The Morgan fingerprint density at radius 1 is 0.952 bits per heavy atom. The number of allylic oxidation sites excluding steroid dienone is 2. The molecule has 2 aromatic rings. The molecule has 3 rings (SSSR count). The van der Waals surface area contributed by atoms with Crippen LogP contribution in [0.5, 0.6) is 5.75 Å². The summed E-state index contributed by atoms with van der Waals surface area (Å²) >= 11 is 0. The first-order valence-corrected chi connectivity index (χ1v) is 7.55. The second-order valence-corrected chi connectivity index (χ2v) is 6.62. The molecule has 1 heterocycles. The van der Waals surface area contributed by atoms with E-state index in [1.54, 1.807) is 0 Å². The zero-order valence-electron chi connectivity index (χ0n) is 13.0. The van der Waals surface area contributed by atoms with E-state index in [-0.39, 0.29) is 5.41 Å². The summed E-state index contributed by atoms with van der Waals surface area (Å²) in [6.07, 6.45) is 3.39. The van der Waals surface area contributed by atoms with Gasteiger partial charge in [0.25, 0.3) is 0 Å². The minimum Gasteiger partial charge on any atom is -0.492 e. The maximum absolute atomic E-state index is 6.06. The van der Waals surface area contributed by atoms with Crippen molar-refractivity contribution in [1.29, 1.82) is 0 Å². The summed E-state index contributed by atoms with van der Waals surface area (Å²) in [6.45, 7) is 7.44. The van der Waals surface area contributed by atoms with Gasteiger partial charge in [-0.25, -0.2) is 0 Å². The van der Waals surface area contributed by atoms with Crippen molar-refractivity contribution in [3.05, 3.63) is 60.2 Å². The highest BCUT2D eigenvalue weighted by Gasteiger charge is 2.21. The number of fused-ring (bicyclic) bond motifs is 1. The van der Waals surface area contributed by atoms with Crippen molar-refractivity contribution in [1.82, 2.24) is 0 Å². The van der Waals surface area contributed by atoms with Crippen molar-refractivity contribution in [2.75, 3.05) is 6.61 Å². The van der Waals surface area contributed by atoms with Gasteiger partial charge in [-0.2, -0.15) is 0 Å². The summed E-state index contributed by atoms with van der Waals surface area (Å²) in [7, 11) is 0. The van der Waals surface area contributed by atoms with Gasteiger partial charge in [-0.05, 0) is 42.2 Å². The fourth-order valence-corrected chi connectivity index (χ4v) is 2.65. The minimum absolute atomic E-state index is 0.192. The number of hydrogen-bond acceptors (Lipinski definition) is 1. The molecule has 0 radical (unpaired) electrons. The molecule has 1 aliphatic rings. The van der Waals surface area contributed by atoms with Gasteiger partial charge in [0.15, 0.2) is 0 Å². The number of benzene rings is 2. The van der Waals surface area contributed by atoms with Gasteiger partial charge in [0.1, 0.15) is 5.75 Å². The van der Waals surface area contributed by atoms with Crippen molar-refractivity contribution in [3.63, 3.8) is 0 Å². The highest BCUT2D eigenvalue weighted by atomic mass is 16.5. The van der Waals surface area contributed by atoms with Crippen LogP contribution in [0.15, 0.2) is 54.6 Å². The van der Waals surface area contributed by atoms with Crippen LogP contribution in [0, 0.1) is 5.41 Å². The third-order valence-electron chi connectivity index (χ3n) is 4.09. The van der Waals surface area contributed by atoms with Crippen LogP contribution in [-0.2, 0) is 0 Å². The van der Waals surface area contributed by atoms with Crippen molar-refractivity contribution < 1.29 is 4.74 Å². The number of rotatable bonds is 1. The van der Waals surface area contributed by atoms with Gasteiger partial charge in [0, 0.05) is 11.0 Å². The molecule has 0 spiro atoms. The fourth-order valence-electron chi connectivity index (χ4n) is 2.65. The zero-order chi connectivity index (χ0) is 14.9. The molecule has 0 aliphatic carbocycles. The number of ether oxygens (including phenoxy) is 1. The van der Waals surface area contributed by atoms with Crippen molar-refractivity contribution in [3.8, 4) is 16.9 Å². The maximum atomic E-state index is 6.06. The van der Waals surface area contributed by atoms with Crippen molar-refractivity contribution in [2.24, 2.45) is 5.41 Å². The van der Waals surface area contributed by atoms with E-state index in [2.05, 4.69) is 69.3 Å².